The van der Waals surface area contributed by atoms with Crippen LogP contribution in [0.1, 0.15) is 29.4 Å². The maximum absolute atomic E-state index is 12.2. The summed E-state index contributed by atoms with van der Waals surface area (Å²) >= 11 is 5.96. The van der Waals surface area contributed by atoms with Crippen molar-refractivity contribution >= 4 is 17.4 Å². The summed E-state index contributed by atoms with van der Waals surface area (Å²) < 4.78 is 5.47. The first kappa shape index (κ1) is 13.6. The molecule has 0 amide bonds. The molecular formula is C15H14ClNO2. The summed E-state index contributed by atoms with van der Waals surface area (Å²) in [6, 6.07) is 10.3. The van der Waals surface area contributed by atoms with E-state index in [1.807, 2.05) is 6.92 Å². The van der Waals surface area contributed by atoms with E-state index in [2.05, 4.69) is 4.98 Å². The Morgan fingerprint density at radius 3 is 2.63 bits per heavy atom. The maximum atomic E-state index is 12.2. The minimum absolute atomic E-state index is 0.187. The molecule has 2 aromatic rings. The standard InChI is InChI=1S/C15H14ClNO2/c1-2-10-19-12-7-5-11(6-8-12)15(18)14-13(16)4-3-9-17-14/h3-9H,2,10H2,1H3. The fourth-order valence-corrected chi connectivity index (χ4v) is 1.82. The third kappa shape index (κ3) is 3.32. The molecule has 0 radical (unpaired) electrons. The van der Waals surface area contributed by atoms with E-state index in [-0.39, 0.29) is 11.5 Å². The predicted molar refractivity (Wildman–Crippen MR) is 74.9 cm³/mol. The van der Waals surface area contributed by atoms with Gasteiger partial charge in [-0.05, 0) is 42.8 Å². The number of carbonyl (C=O) groups excluding carboxylic acids is 1. The number of halogens is 1. The molecule has 0 aliphatic rings. The fourth-order valence-electron chi connectivity index (χ4n) is 1.61. The van der Waals surface area contributed by atoms with E-state index < -0.39 is 0 Å². The number of hydrogen-bond acceptors (Lipinski definition) is 3. The summed E-state index contributed by atoms with van der Waals surface area (Å²) in [6.07, 6.45) is 2.50. The van der Waals surface area contributed by atoms with Crippen LogP contribution in [0.3, 0.4) is 0 Å². The van der Waals surface area contributed by atoms with E-state index in [1.54, 1.807) is 42.6 Å². The highest BCUT2D eigenvalue weighted by Gasteiger charge is 2.13. The van der Waals surface area contributed by atoms with Crippen LogP contribution in [-0.4, -0.2) is 17.4 Å². The SMILES string of the molecule is CCCOc1ccc(C(=O)c2ncccc2Cl)cc1. The Labute approximate surface area is 117 Å². The van der Waals surface area contributed by atoms with E-state index in [1.165, 1.54) is 0 Å². The molecule has 1 aromatic heterocycles. The van der Waals surface area contributed by atoms with Crippen molar-refractivity contribution in [2.24, 2.45) is 0 Å². The average Bonchev–Trinajstić information content (AvgIpc) is 2.45. The number of nitrogens with zero attached hydrogens (tertiary/aromatic N) is 1. The summed E-state index contributed by atoms with van der Waals surface area (Å²) in [5.74, 6) is 0.568. The summed E-state index contributed by atoms with van der Waals surface area (Å²) in [5.41, 5.74) is 0.816. The van der Waals surface area contributed by atoms with E-state index in [0.717, 1.165) is 12.2 Å². The van der Waals surface area contributed by atoms with Crippen molar-refractivity contribution in [3.05, 3.63) is 58.9 Å². The second-order valence-corrected chi connectivity index (χ2v) is 4.44. The van der Waals surface area contributed by atoms with Crippen LogP contribution >= 0.6 is 11.6 Å². The highest BCUT2D eigenvalue weighted by atomic mass is 35.5. The molecule has 1 aromatic carbocycles. The van der Waals surface area contributed by atoms with Crippen LogP contribution in [0.4, 0.5) is 0 Å². The number of aromatic nitrogens is 1. The molecule has 0 saturated carbocycles. The zero-order valence-corrected chi connectivity index (χ0v) is 11.4. The molecule has 2 rings (SSSR count). The highest BCUT2D eigenvalue weighted by Crippen LogP contribution is 2.19. The van der Waals surface area contributed by atoms with Crippen molar-refractivity contribution in [2.75, 3.05) is 6.61 Å². The van der Waals surface area contributed by atoms with Crippen molar-refractivity contribution < 1.29 is 9.53 Å². The lowest BCUT2D eigenvalue weighted by atomic mass is 10.1. The van der Waals surface area contributed by atoms with Gasteiger partial charge in [-0.15, -0.1) is 0 Å². The van der Waals surface area contributed by atoms with Gasteiger partial charge in [-0.2, -0.15) is 0 Å². The third-order valence-electron chi connectivity index (χ3n) is 2.56. The van der Waals surface area contributed by atoms with Crippen LogP contribution < -0.4 is 4.74 Å². The Kier molecular flexibility index (Phi) is 4.53. The summed E-state index contributed by atoms with van der Waals surface area (Å²) in [5, 5.41) is 0.360. The lowest BCUT2D eigenvalue weighted by Crippen LogP contribution is -2.04. The molecule has 98 valence electrons. The number of pyridine rings is 1. The first-order valence-corrected chi connectivity index (χ1v) is 6.48. The third-order valence-corrected chi connectivity index (χ3v) is 2.87. The molecule has 0 N–H and O–H groups in total. The molecule has 1 heterocycles. The number of ether oxygens (including phenoxy) is 1. The molecule has 3 nitrogen and oxygen atoms in total. The maximum Gasteiger partial charge on any atom is 0.212 e. The number of ketones is 1. The Morgan fingerprint density at radius 2 is 2.00 bits per heavy atom. The first-order valence-electron chi connectivity index (χ1n) is 6.10. The van der Waals surface area contributed by atoms with E-state index in [9.17, 15) is 4.79 Å². The highest BCUT2D eigenvalue weighted by molar-refractivity contribution is 6.34. The smallest absolute Gasteiger partial charge is 0.212 e. The molecule has 0 aliphatic carbocycles. The molecule has 0 aliphatic heterocycles. The molecule has 0 bridgehead atoms. The van der Waals surface area contributed by atoms with Gasteiger partial charge in [0.15, 0.2) is 0 Å². The van der Waals surface area contributed by atoms with Gasteiger partial charge in [0.2, 0.25) is 5.78 Å². The van der Waals surface area contributed by atoms with Crippen molar-refractivity contribution in [1.82, 2.24) is 4.98 Å². The van der Waals surface area contributed by atoms with Gasteiger partial charge in [-0.3, -0.25) is 9.78 Å². The van der Waals surface area contributed by atoms with Gasteiger partial charge < -0.3 is 4.74 Å². The van der Waals surface area contributed by atoms with Gasteiger partial charge in [0, 0.05) is 11.8 Å². The zero-order chi connectivity index (χ0) is 13.7. The Morgan fingerprint density at radius 1 is 1.26 bits per heavy atom. The lowest BCUT2D eigenvalue weighted by Gasteiger charge is -2.06. The van der Waals surface area contributed by atoms with Crippen molar-refractivity contribution in [3.63, 3.8) is 0 Å². The largest absolute Gasteiger partial charge is 0.494 e. The van der Waals surface area contributed by atoms with Crippen LogP contribution in [0, 0.1) is 0 Å². The van der Waals surface area contributed by atoms with Gasteiger partial charge in [-0.25, -0.2) is 0 Å². The van der Waals surface area contributed by atoms with Gasteiger partial charge in [-0.1, -0.05) is 18.5 Å². The Hall–Kier alpha value is -1.87. The molecule has 0 unspecified atom stereocenters. The van der Waals surface area contributed by atoms with E-state index >= 15 is 0 Å². The number of hydrogen-bond donors (Lipinski definition) is 0. The number of rotatable bonds is 5. The normalized spacial score (nSPS) is 10.2. The Balaban J connectivity index is 2.18. The summed E-state index contributed by atoms with van der Waals surface area (Å²) in [7, 11) is 0. The van der Waals surface area contributed by atoms with Crippen molar-refractivity contribution in [3.8, 4) is 5.75 Å². The molecule has 4 heteroatoms. The Bertz CT molecular complexity index is 567. The monoisotopic (exact) mass is 275 g/mol. The quantitative estimate of drug-likeness (QED) is 0.780. The minimum atomic E-state index is -0.187. The molecule has 0 fully saturated rings. The van der Waals surface area contributed by atoms with E-state index in [4.69, 9.17) is 16.3 Å². The zero-order valence-electron chi connectivity index (χ0n) is 10.6. The van der Waals surface area contributed by atoms with Crippen LogP contribution in [0.2, 0.25) is 5.02 Å². The average molecular weight is 276 g/mol. The topological polar surface area (TPSA) is 39.2 Å². The van der Waals surface area contributed by atoms with Crippen molar-refractivity contribution in [2.45, 2.75) is 13.3 Å². The van der Waals surface area contributed by atoms with Crippen LogP contribution in [0.25, 0.3) is 0 Å². The van der Waals surface area contributed by atoms with Gasteiger partial charge >= 0.3 is 0 Å². The van der Waals surface area contributed by atoms with Crippen LogP contribution in [0.15, 0.2) is 42.6 Å². The van der Waals surface area contributed by atoms with Gasteiger partial charge in [0.05, 0.1) is 11.6 Å². The molecule has 0 atom stereocenters. The first-order chi connectivity index (χ1) is 9.22. The fraction of sp³-hybridized carbons (Fsp3) is 0.200. The summed E-state index contributed by atoms with van der Waals surface area (Å²) in [4.78, 5) is 16.2. The van der Waals surface area contributed by atoms with Crippen molar-refractivity contribution in [1.29, 1.82) is 0 Å². The molecule has 19 heavy (non-hydrogen) atoms. The summed E-state index contributed by atoms with van der Waals surface area (Å²) in [6.45, 7) is 2.71. The predicted octanol–water partition coefficient (Wildman–Crippen LogP) is 3.75. The lowest BCUT2D eigenvalue weighted by molar-refractivity contribution is 0.103. The second-order valence-electron chi connectivity index (χ2n) is 4.04. The molecule has 0 saturated heterocycles. The van der Waals surface area contributed by atoms with Crippen LogP contribution in [-0.2, 0) is 0 Å². The molecular weight excluding hydrogens is 262 g/mol. The van der Waals surface area contributed by atoms with Gasteiger partial charge in [0.1, 0.15) is 11.4 Å². The second kappa shape index (κ2) is 6.34. The molecule has 0 spiro atoms. The van der Waals surface area contributed by atoms with E-state index in [0.29, 0.717) is 17.2 Å². The van der Waals surface area contributed by atoms with Gasteiger partial charge in [0.25, 0.3) is 0 Å². The van der Waals surface area contributed by atoms with Crippen LogP contribution in [0.5, 0.6) is 5.75 Å². The number of carbonyl (C=O) groups is 1. The minimum Gasteiger partial charge on any atom is -0.494 e. The number of benzene rings is 1.